The second-order valence-electron chi connectivity index (χ2n) is 6.23. The first-order valence-corrected chi connectivity index (χ1v) is 8.77. The first-order chi connectivity index (χ1) is 9.88. The Hall–Kier alpha value is -1.03. The van der Waals surface area contributed by atoms with Gasteiger partial charge in [-0.3, -0.25) is 0 Å². The SMILES string of the molecule is CC(C)c1ccc2cc(C3CCCC3)[s+](C(F)(F)F)c2c1. The van der Waals surface area contributed by atoms with Gasteiger partial charge in [-0.15, -0.1) is 13.2 Å². The Bertz CT molecular complexity index is 646. The third-order valence-electron chi connectivity index (χ3n) is 4.45. The third-order valence-corrected chi connectivity index (χ3v) is 6.63. The summed E-state index contributed by atoms with van der Waals surface area (Å²) in [6, 6.07) is 7.45. The molecule has 1 aliphatic rings. The summed E-state index contributed by atoms with van der Waals surface area (Å²) in [7, 11) is -1.71. The predicted octanol–water partition coefficient (Wildman–Crippen LogP) is 6.85. The molecule has 0 amide bonds. The molecular formula is C17H20F3S+. The van der Waals surface area contributed by atoms with Gasteiger partial charge in [0.2, 0.25) is 0 Å². The van der Waals surface area contributed by atoms with E-state index < -0.39 is 16.0 Å². The number of alkyl halides is 3. The van der Waals surface area contributed by atoms with Gasteiger partial charge in [-0.2, -0.15) is 0 Å². The van der Waals surface area contributed by atoms with Gasteiger partial charge in [0.15, 0.2) is 9.58 Å². The fraction of sp³-hybridized carbons (Fsp3) is 0.529. The van der Waals surface area contributed by atoms with Crippen molar-refractivity contribution in [1.82, 2.24) is 0 Å². The highest BCUT2D eigenvalue weighted by Gasteiger charge is 2.49. The number of hydrogen-bond acceptors (Lipinski definition) is 0. The summed E-state index contributed by atoms with van der Waals surface area (Å²) in [4.78, 5) is 0.635. The Morgan fingerprint density at radius 1 is 1.10 bits per heavy atom. The van der Waals surface area contributed by atoms with E-state index in [9.17, 15) is 13.2 Å². The Balaban J connectivity index is 2.22. The van der Waals surface area contributed by atoms with Gasteiger partial charge in [0.25, 0.3) is 0 Å². The topological polar surface area (TPSA) is 0 Å². The zero-order valence-corrected chi connectivity index (χ0v) is 13.2. The van der Waals surface area contributed by atoms with E-state index in [1.54, 1.807) is 6.07 Å². The molecule has 2 aromatic rings. The van der Waals surface area contributed by atoms with Crippen LogP contribution in [0.4, 0.5) is 13.2 Å². The van der Waals surface area contributed by atoms with Crippen LogP contribution >= 0.6 is 10.5 Å². The molecule has 1 aromatic heterocycles. The second kappa shape index (κ2) is 5.31. The van der Waals surface area contributed by atoms with Crippen molar-refractivity contribution in [2.75, 3.05) is 0 Å². The lowest BCUT2D eigenvalue weighted by Gasteiger charge is -2.06. The predicted molar refractivity (Wildman–Crippen MR) is 83.0 cm³/mol. The lowest BCUT2D eigenvalue weighted by atomic mass is 10.0. The monoisotopic (exact) mass is 313 g/mol. The van der Waals surface area contributed by atoms with Crippen LogP contribution in [0.1, 0.15) is 61.8 Å². The molecule has 0 aliphatic heterocycles. The first-order valence-electron chi connectivity index (χ1n) is 7.54. The molecular weight excluding hydrogens is 293 g/mol. The lowest BCUT2D eigenvalue weighted by molar-refractivity contribution is -0.0868. The van der Waals surface area contributed by atoms with E-state index in [1.807, 2.05) is 32.0 Å². The van der Waals surface area contributed by atoms with Gasteiger partial charge < -0.3 is 0 Å². The Morgan fingerprint density at radius 3 is 2.33 bits per heavy atom. The average Bonchev–Trinajstić information content (AvgIpc) is 3.03. The van der Waals surface area contributed by atoms with Gasteiger partial charge in [0.05, 0.1) is 10.5 Å². The molecule has 1 aliphatic carbocycles. The number of halogens is 3. The van der Waals surface area contributed by atoms with Crippen LogP contribution in [-0.4, -0.2) is 0 Å². The Labute approximate surface area is 125 Å². The summed E-state index contributed by atoms with van der Waals surface area (Å²) >= 11 is 0. The van der Waals surface area contributed by atoms with Crippen LogP contribution in [0.25, 0.3) is 10.1 Å². The summed E-state index contributed by atoms with van der Waals surface area (Å²) in [5.41, 5.74) is -3.16. The zero-order valence-electron chi connectivity index (χ0n) is 12.3. The van der Waals surface area contributed by atoms with Crippen molar-refractivity contribution in [3.8, 4) is 0 Å². The Morgan fingerprint density at radius 2 is 1.76 bits per heavy atom. The minimum Gasteiger partial charge on any atom is -0.118 e. The van der Waals surface area contributed by atoms with Crippen molar-refractivity contribution < 1.29 is 13.2 Å². The molecule has 1 unspecified atom stereocenters. The smallest absolute Gasteiger partial charge is 0.118 e. The third kappa shape index (κ3) is 2.70. The van der Waals surface area contributed by atoms with E-state index in [1.165, 1.54) is 0 Å². The van der Waals surface area contributed by atoms with Crippen LogP contribution in [-0.2, 0) is 5.51 Å². The maximum absolute atomic E-state index is 13.6. The quantitative estimate of drug-likeness (QED) is 0.532. The minimum absolute atomic E-state index is 0.129. The highest BCUT2D eigenvalue weighted by atomic mass is 32.2. The maximum Gasteiger partial charge on any atom is 0.600 e. The van der Waals surface area contributed by atoms with E-state index in [-0.39, 0.29) is 11.8 Å². The number of rotatable bonds is 2. The van der Waals surface area contributed by atoms with Crippen molar-refractivity contribution in [3.05, 3.63) is 34.7 Å². The molecule has 0 spiro atoms. The van der Waals surface area contributed by atoms with Crippen LogP contribution in [0.3, 0.4) is 0 Å². The van der Waals surface area contributed by atoms with Crippen molar-refractivity contribution in [2.45, 2.75) is 56.9 Å². The molecule has 1 aromatic carbocycles. The maximum atomic E-state index is 13.6. The van der Waals surface area contributed by atoms with Crippen molar-refractivity contribution in [2.24, 2.45) is 0 Å². The highest BCUT2D eigenvalue weighted by Crippen LogP contribution is 2.55. The molecule has 4 heteroatoms. The summed E-state index contributed by atoms with van der Waals surface area (Å²) in [5.74, 6) is 0.384. The van der Waals surface area contributed by atoms with Crippen LogP contribution < -0.4 is 0 Å². The largest absolute Gasteiger partial charge is 0.600 e. The van der Waals surface area contributed by atoms with Crippen molar-refractivity contribution in [3.63, 3.8) is 0 Å². The van der Waals surface area contributed by atoms with Gasteiger partial charge in [0.1, 0.15) is 0 Å². The molecule has 3 rings (SSSR count). The highest BCUT2D eigenvalue weighted by molar-refractivity contribution is 7.38. The van der Waals surface area contributed by atoms with Crippen molar-refractivity contribution in [1.29, 1.82) is 0 Å². The molecule has 0 N–H and O–H groups in total. The van der Waals surface area contributed by atoms with E-state index in [2.05, 4.69) is 0 Å². The van der Waals surface area contributed by atoms with E-state index in [0.717, 1.165) is 36.6 Å². The van der Waals surface area contributed by atoms with Crippen molar-refractivity contribution >= 4 is 20.6 Å². The van der Waals surface area contributed by atoms with Gasteiger partial charge in [-0.05, 0) is 30.4 Å². The molecule has 0 nitrogen and oxygen atoms in total. The lowest BCUT2D eigenvalue weighted by Crippen LogP contribution is -2.00. The summed E-state index contributed by atoms with van der Waals surface area (Å²) in [6.07, 6.45) is 3.95. The molecule has 114 valence electrons. The molecule has 0 saturated heterocycles. The summed E-state index contributed by atoms with van der Waals surface area (Å²) in [5, 5.41) is 0.780. The molecule has 1 fully saturated rings. The minimum atomic E-state index is -4.16. The van der Waals surface area contributed by atoms with Gasteiger partial charge in [0, 0.05) is 23.4 Å². The normalized spacial score (nSPS) is 18.1. The first kappa shape index (κ1) is 14.9. The molecule has 1 saturated carbocycles. The molecule has 21 heavy (non-hydrogen) atoms. The standard InChI is InChI=1S/C17H20F3S/c1-11(2)13-7-8-14-10-15(12-5-3-4-6-12)21(16(14)9-13)17(18,19)20/h7-12H,3-6H2,1-2H3/q+1. The number of fused-ring (bicyclic) bond motifs is 1. The number of benzene rings is 1. The van der Waals surface area contributed by atoms with Crippen LogP contribution in [0.15, 0.2) is 24.3 Å². The second-order valence-corrected chi connectivity index (χ2v) is 8.22. The fourth-order valence-corrected chi connectivity index (χ4v) is 5.50. The summed E-state index contributed by atoms with van der Waals surface area (Å²) < 4.78 is 41.4. The molecule has 1 atom stereocenters. The van der Waals surface area contributed by atoms with Gasteiger partial charge in [-0.25, -0.2) is 0 Å². The molecule has 1 heterocycles. The van der Waals surface area contributed by atoms with Gasteiger partial charge in [-0.1, -0.05) is 32.8 Å². The zero-order chi connectivity index (χ0) is 15.2. The fourth-order valence-electron chi connectivity index (χ4n) is 3.30. The average molecular weight is 313 g/mol. The summed E-state index contributed by atoms with van der Waals surface area (Å²) in [6.45, 7) is 4.04. The van der Waals surface area contributed by atoms with E-state index in [4.69, 9.17) is 0 Å². The van der Waals surface area contributed by atoms with Crippen LogP contribution in [0.5, 0.6) is 0 Å². The van der Waals surface area contributed by atoms with Crippen LogP contribution in [0, 0.1) is 0 Å². The van der Waals surface area contributed by atoms with E-state index >= 15 is 0 Å². The number of thiophene rings is 1. The van der Waals surface area contributed by atoms with E-state index in [0.29, 0.717) is 9.58 Å². The molecule has 0 radical (unpaired) electrons. The van der Waals surface area contributed by atoms with Gasteiger partial charge >= 0.3 is 5.51 Å². The Kier molecular flexibility index (Phi) is 3.76. The number of hydrogen-bond donors (Lipinski definition) is 0. The molecule has 0 bridgehead atoms. The van der Waals surface area contributed by atoms with Crippen LogP contribution in [0.2, 0.25) is 0 Å².